The Morgan fingerprint density at radius 1 is 1.29 bits per heavy atom. The second kappa shape index (κ2) is 7.26. The van der Waals surface area contributed by atoms with Crippen molar-refractivity contribution >= 4 is 5.95 Å². The van der Waals surface area contributed by atoms with Crippen LogP contribution in [0.25, 0.3) is 0 Å². The maximum Gasteiger partial charge on any atom is 0.223 e. The van der Waals surface area contributed by atoms with Crippen LogP contribution < -0.4 is 11.1 Å². The zero-order valence-electron chi connectivity index (χ0n) is 8.37. The van der Waals surface area contributed by atoms with Crippen LogP contribution in [0.15, 0.2) is 12.3 Å². The van der Waals surface area contributed by atoms with Crippen molar-refractivity contribution in [1.29, 1.82) is 0 Å². The van der Waals surface area contributed by atoms with Crippen LogP contribution in [-0.4, -0.2) is 23.1 Å². The lowest BCUT2D eigenvalue weighted by atomic mass is 10.2. The Bertz CT molecular complexity index is 225. The third-order valence-corrected chi connectivity index (χ3v) is 1.93. The highest BCUT2D eigenvalue weighted by molar-refractivity contribution is 5.21. The molecule has 1 aromatic heterocycles. The van der Waals surface area contributed by atoms with Crippen molar-refractivity contribution in [2.24, 2.45) is 5.73 Å². The molecule has 1 radical (unpaired) electrons. The van der Waals surface area contributed by atoms with E-state index in [0.717, 1.165) is 25.9 Å². The number of nitrogens with one attached hydrogen (secondary N) is 1. The van der Waals surface area contributed by atoms with Gasteiger partial charge in [-0.25, -0.2) is 9.97 Å². The molecule has 1 heterocycles. The first-order chi connectivity index (χ1) is 6.93. The van der Waals surface area contributed by atoms with Gasteiger partial charge in [0.1, 0.15) is 0 Å². The first kappa shape index (κ1) is 10.9. The molecule has 4 heteroatoms. The number of unbranched alkanes of at least 4 members (excludes halogenated alkanes) is 3. The van der Waals surface area contributed by atoms with Gasteiger partial charge < -0.3 is 11.1 Å². The molecule has 1 rings (SSSR count). The summed E-state index contributed by atoms with van der Waals surface area (Å²) >= 11 is 0. The molecule has 0 fully saturated rings. The van der Waals surface area contributed by atoms with Gasteiger partial charge in [0, 0.05) is 12.7 Å². The third-order valence-electron chi connectivity index (χ3n) is 1.93. The minimum absolute atomic E-state index is 0.659. The molecule has 0 aromatic carbocycles. The van der Waals surface area contributed by atoms with Gasteiger partial charge >= 0.3 is 0 Å². The smallest absolute Gasteiger partial charge is 0.223 e. The van der Waals surface area contributed by atoms with Crippen LogP contribution in [0.1, 0.15) is 25.7 Å². The number of hydrogen-bond donors (Lipinski definition) is 2. The lowest BCUT2D eigenvalue weighted by Crippen LogP contribution is -2.05. The van der Waals surface area contributed by atoms with Crippen molar-refractivity contribution < 1.29 is 0 Å². The van der Waals surface area contributed by atoms with E-state index >= 15 is 0 Å². The minimum Gasteiger partial charge on any atom is -0.354 e. The third kappa shape index (κ3) is 4.77. The molecular formula is C10H17N4. The SMILES string of the molecule is NCCCCCCNc1n[c]ccn1. The molecular weight excluding hydrogens is 176 g/mol. The number of nitrogens with two attached hydrogens (primary N) is 1. The van der Waals surface area contributed by atoms with Gasteiger partial charge in [0.05, 0.1) is 6.20 Å². The molecule has 0 spiro atoms. The van der Waals surface area contributed by atoms with Crippen LogP contribution in [0.5, 0.6) is 0 Å². The lowest BCUT2D eigenvalue weighted by Gasteiger charge is -2.02. The summed E-state index contributed by atoms with van der Waals surface area (Å²) in [5, 5.41) is 3.14. The molecule has 1 aromatic rings. The molecule has 0 amide bonds. The van der Waals surface area contributed by atoms with Crippen molar-refractivity contribution in [3.63, 3.8) is 0 Å². The summed E-state index contributed by atoms with van der Waals surface area (Å²) in [5.74, 6) is 0.659. The molecule has 4 nitrogen and oxygen atoms in total. The monoisotopic (exact) mass is 193 g/mol. The van der Waals surface area contributed by atoms with Crippen molar-refractivity contribution in [2.75, 3.05) is 18.4 Å². The molecule has 0 saturated heterocycles. The molecule has 3 N–H and O–H groups in total. The summed E-state index contributed by atoms with van der Waals surface area (Å²) in [7, 11) is 0. The fourth-order valence-corrected chi connectivity index (χ4v) is 1.18. The van der Waals surface area contributed by atoms with Crippen LogP contribution in [0.3, 0.4) is 0 Å². The molecule has 0 aliphatic heterocycles. The Kier molecular flexibility index (Phi) is 5.66. The van der Waals surface area contributed by atoms with E-state index < -0.39 is 0 Å². The number of rotatable bonds is 7. The largest absolute Gasteiger partial charge is 0.354 e. The Hall–Kier alpha value is -1.16. The minimum atomic E-state index is 0.659. The van der Waals surface area contributed by atoms with Crippen LogP contribution in [0, 0.1) is 6.20 Å². The molecule has 0 bridgehead atoms. The Morgan fingerprint density at radius 2 is 2.14 bits per heavy atom. The Balaban J connectivity index is 1.99. The fraction of sp³-hybridized carbons (Fsp3) is 0.600. The molecule has 0 aliphatic rings. The van der Waals surface area contributed by atoms with Gasteiger partial charge in [0.25, 0.3) is 0 Å². The van der Waals surface area contributed by atoms with Gasteiger partial charge in [0.15, 0.2) is 0 Å². The van der Waals surface area contributed by atoms with E-state index in [0.29, 0.717) is 5.95 Å². The molecule has 0 saturated carbocycles. The van der Waals surface area contributed by atoms with E-state index in [1.54, 1.807) is 12.3 Å². The van der Waals surface area contributed by atoms with Crippen LogP contribution >= 0.6 is 0 Å². The van der Waals surface area contributed by atoms with E-state index in [4.69, 9.17) is 5.73 Å². The molecule has 0 atom stereocenters. The standard InChI is InChI=1S/C10H17N4/c11-6-3-1-2-4-7-12-10-13-8-5-9-14-10/h5,8H,1-4,6-7,11H2,(H,12,13,14). The number of anilines is 1. The summed E-state index contributed by atoms with van der Waals surface area (Å²) in [5.41, 5.74) is 5.39. The maximum atomic E-state index is 5.39. The summed E-state index contributed by atoms with van der Waals surface area (Å²) < 4.78 is 0. The summed E-state index contributed by atoms with van der Waals surface area (Å²) in [6, 6.07) is 1.69. The molecule has 14 heavy (non-hydrogen) atoms. The van der Waals surface area contributed by atoms with E-state index in [2.05, 4.69) is 21.5 Å². The van der Waals surface area contributed by atoms with Gasteiger partial charge in [-0.15, -0.1) is 0 Å². The summed E-state index contributed by atoms with van der Waals surface area (Å²) in [6.07, 6.45) is 9.09. The second-order valence-corrected chi connectivity index (χ2v) is 3.14. The van der Waals surface area contributed by atoms with E-state index in [1.165, 1.54) is 12.8 Å². The maximum absolute atomic E-state index is 5.39. The fourth-order valence-electron chi connectivity index (χ4n) is 1.18. The van der Waals surface area contributed by atoms with Gasteiger partial charge in [-0.2, -0.15) is 0 Å². The number of nitrogens with zero attached hydrogens (tertiary/aromatic N) is 2. The summed E-state index contributed by atoms with van der Waals surface area (Å²) in [6.45, 7) is 1.71. The van der Waals surface area contributed by atoms with Crippen molar-refractivity contribution in [3.05, 3.63) is 18.5 Å². The topological polar surface area (TPSA) is 63.8 Å². The van der Waals surface area contributed by atoms with E-state index in [-0.39, 0.29) is 0 Å². The van der Waals surface area contributed by atoms with Crippen molar-refractivity contribution in [3.8, 4) is 0 Å². The van der Waals surface area contributed by atoms with Gasteiger partial charge in [-0.3, -0.25) is 0 Å². The zero-order valence-corrected chi connectivity index (χ0v) is 8.37. The van der Waals surface area contributed by atoms with E-state index in [1.807, 2.05) is 0 Å². The molecule has 77 valence electrons. The van der Waals surface area contributed by atoms with Crippen molar-refractivity contribution in [1.82, 2.24) is 9.97 Å². The predicted octanol–water partition coefficient (Wildman–Crippen LogP) is 1.21. The first-order valence-electron chi connectivity index (χ1n) is 5.06. The van der Waals surface area contributed by atoms with Gasteiger partial charge in [0.2, 0.25) is 5.95 Å². The number of aromatic nitrogens is 2. The lowest BCUT2D eigenvalue weighted by molar-refractivity contribution is 0.660. The van der Waals surface area contributed by atoms with Crippen molar-refractivity contribution in [2.45, 2.75) is 25.7 Å². The van der Waals surface area contributed by atoms with Crippen LogP contribution in [-0.2, 0) is 0 Å². The molecule has 0 aliphatic carbocycles. The molecule has 0 unspecified atom stereocenters. The Labute approximate surface area is 85.0 Å². The van der Waals surface area contributed by atoms with Gasteiger partial charge in [-0.1, -0.05) is 12.8 Å². The quantitative estimate of drug-likeness (QED) is 0.639. The number of hydrogen-bond acceptors (Lipinski definition) is 4. The highest BCUT2D eigenvalue weighted by atomic mass is 15.1. The average molecular weight is 193 g/mol. The predicted molar refractivity (Wildman–Crippen MR) is 56.9 cm³/mol. The first-order valence-corrected chi connectivity index (χ1v) is 5.06. The Morgan fingerprint density at radius 3 is 2.86 bits per heavy atom. The highest BCUT2D eigenvalue weighted by Gasteiger charge is 1.92. The second-order valence-electron chi connectivity index (χ2n) is 3.14. The van der Waals surface area contributed by atoms with Gasteiger partial charge in [-0.05, 0) is 25.5 Å². The van der Waals surface area contributed by atoms with Crippen LogP contribution in [0.2, 0.25) is 0 Å². The van der Waals surface area contributed by atoms with E-state index in [9.17, 15) is 0 Å². The zero-order chi connectivity index (χ0) is 10.1. The highest BCUT2D eigenvalue weighted by Crippen LogP contribution is 1.99. The average Bonchev–Trinajstić information content (AvgIpc) is 2.25. The normalized spacial score (nSPS) is 10.1. The van der Waals surface area contributed by atoms with Crippen LogP contribution in [0.4, 0.5) is 5.95 Å². The summed E-state index contributed by atoms with van der Waals surface area (Å²) in [4.78, 5) is 7.98.